The molecule has 0 spiro atoms. The summed E-state index contributed by atoms with van der Waals surface area (Å²) in [4.78, 5) is 14.0. The van der Waals surface area contributed by atoms with Crippen LogP contribution in [0.4, 0.5) is 0 Å². The summed E-state index contributed by atoms with van der Waals surface area (Å²) >= 11 is 0. The molecule has 0 aliphatic carbocycles. The zero-order chi connectivity index (χ0) is 13.1. The lowest BCUT2D eigenvalue weighted by Crippen LogP contribution is -2.66. The molecule has 1 rings (SSSR count). The first kappa shape index (κ1) is 14.5. The molecule has 17 heavy (non-hydrogen) atoms. The van der Waals surface area contributed by atoms with E-state index in [0.717, 1.165) is 25.7 Å². The van der Waals surface area contributed by atoms with E-state index in [9.17, 15) is 9.90 Å². The summed E-state index contributed by atoms with van der Waals surface area (Å²) in [7, 11) is 0. The Morgan fingerprint density at radius 2 is 1.94 bits per heavy atom. The van der Waals surface area contributed by atoms with Gasteiger partial charge in [-0.05, 0) is 18.8 Å². The summed E-state index contributed by atoms with van der Waals surface area (Å²) in [5.41, 5.74) is -0.640. The molecule has 0 aromatic heterocycles. The minimum absolute atomic E-state index is 0.159. The molecule has 1 aliphatic heterocycles. The summed E-state index contributed by atoms with van der Waals surface area (Å²) in [6, 6.07) is 0. The Kier molecular flexibility index (Phi) is 4.99. The lowest BCUT2D eigenvalue weighted by molar-refractivity contribution is -0.168. The number of carbonyl (C=O) groups excluding carboxylic acids is 1. The Morgan fingerprint density at radius 3 is 2.35 bits per heavy atom. The van der Waals surface area contributed by atoms with Crippen molar-refractivity contribution < 1.29 is 9.90 Å². The van der Waals surface area contributed by atoms with E-state index in [1.165, 1.54) is 0 Å². The Morgan fingerprint density at radius 1 is 1.35 bits per heavy atom. The van der Waals surface area contributed by atoms with Crippen molar-refractivity contribution in [2.24, 2.45) is 11.8 Å². The van der Waals surface area contributed by atoms with Gasteiger partial charge in [0.05, 0.1) is 13.1 Å². The molecule has 1 heterocycles. The molecule has 0 aromatic rings. The van der Waals surface area contributed by atoms with Crippen molar-refractivity contribution in [2.45, 2.75) is 59.0 Å². The molecule has 1 aliphatic rings. The molecule has 100 valence electrons. The largest absolute Gasteiger partial charge is 0.386 e. The van der Waals surface area contributed by atoms with Crippen molar-refractivity contribution in [2.75, 3.05) is 13.1 Å². The smallest absolute Gasteiger partial charge is 0.225 e. The maximum Gasteiger partial charge on any atom is 0.225 e. The first-order chi connectivity index (χ1) is 7.94. The molecule has 1 atom stereocenters. The van der Waals surface area contributed by atoms with Gasteiger partial charge in [0.15, 0.2) is 0 Å². The van der Waals surface area contributed by atoms with Crippen LogP contribution in [0.3, 0.4) is 0 Å². The number of nitrogens with zero attached hydrogens (tertiary/aromatic N) is 1. The fourth-order valence-corrected chi connectivity index (χ4v) is 2.35. The van der Waals surface area contributed by atoms with Crippen molar-refractivity contribution >= 4 is 5.91 Å². The number of aliphatic hydroxyl groups is 1. The number of unbranched alkanes of at least 4 members (excludes halogenated alkanes) is 1. The minimum Gasteiger partial charge on any atom is -0.386 e. The Hall–Kier alpha value is -0.570. The van der Waals surface area contributed by atoms with E-state index in [1.807, 2.05) is 18.7 Å². The van der Waals surface area contributed by atoms with Gasteiger partial charge in [0, 0.05) is 5.92 Å². The Labute approximate surface area is 105 Å². The maximum absolute atomic E-state index is 12.2. The summed E-state index contributed by atoms with van der Waals surface area (Å²) < 4.78 is 0. The molecule has 3 nitrogen and oxygen atoms in total. The van der Waals surface area contributed by atoms with E-state index < -0.39 is 5.60 Å². The predicted molar refractivity (Wildman–Crippen MR) is 69.7 cm³/mol. The second-order valence-corrected chi connectivity index (χ2v) is 5.70. The van der Waals surface area contributed by atoms with Crippen LogP contribution in [0.1, 0.15) is 53.4 Å². The van der Waals surface area contributed by atoms with Gasteiger partial charge in [0.2, 0.25) is 5.91 Å². The van der Waals surface area contributed by atoms with Gasteiger partial charge in [0.1, 0.15) is 5.60 Å². The van der Waals surface area contributed by atoms with Crippen LogP contribution in [0.25, 0.3) is 0 Å². The molecule has 1 saturated heterocycles. The highest BCUT2D eigenvalue weighted by Gasteiger charge is 2.46. The molecular formula is C14H27NO2. The molecule has 1 amide bonds. The number of hydrogen-bond donors (Lipinski definition) is 1. The van der Waals surface area contributed by atoms with Gasteiger partial charge in [-0.15, -0.1) is 0 Å². The highest BCUT2D eigenvalue weighted by Crippen LogP contribution is 2.30. The van der Waals surface area contributed by atoms with Gasteiger partial charge >= 0.3 is 0 Å². The lowest BCUT2D eigenvalue weighted by Gasteiger charge is -2.50. The van der Waals surface area contributed by atoms with Gasteiger partial charge < -0.3 is 10.0 Å². The number of hydrogen-bond acceptors (Lipinski definition) is 2. The summed E-state index contributed by atoms with van der Waals surface area (Å²) in [6.45, 7) is 9.29. The van der Waals surface area contributed by atoms with Crippen molar-refractivity contribution in [3.63, 3.8) is 0 Å². The second kappa shape index (κ2) is 5.85. The van der Waals surface area contributed by atoms with Crippen molar-refractivity contribution in [3.05, 3.63) is 0 Å². The van der Waals surface area contributed by atoms with E-state index in [2.05, 4.69) is 13.8 Å². The second-order valence-electron chi connectivity index (χ2n) is 5.70. The van der Waals surface area contributed by atoms with E-state index >= 15 is 0 Å². The van der Waals surface area contributed by atoms with Crippen molar-refractivity contribution in [1.82, 2.24) is 4.90 Å². The summed E-state index contributed by atoms with van der Waals surface area (Å²) in [5.74, 6) is 0.625. The highest BCUT2D eigenvalue weighted by molar-refractivity contribution is 5.80. The third-order valence-electron chi connectivity index (χ3n) is 4.06. The van der Waals surface area contributed by atoms with Crippen molar-refractivity contribution in [1.29, 1.82) is 0 Å². The van der Waals surface area contributed by atoms with Crippen LogP contribution in [-0.2, 0) is 4.79 Å². The molecule has 0 saturated carbocycles. The first-order valence-electron chi connectivity index (χ1n) is 6.95. The standard InChI is InChI=1S/C14H27NO2/c1-5-7-8-12(6-2)13(16)15-9-14(17,10-15)11(3)4/h11-12,17H,5-10H2,1-4H3. The molecule has 3 heteroatoms. The van der Waals surface area contributed by atoms with Crippen molar-refractivity contribution in [3.8, 4) is 0 Å². The van der Waals surface area contributed by atoms with Gasteiger partial charge in [-0.1, -0.05) is 40.5 Å². The molecule has 0 radical (unpaired) electrons. The van der Waals surface area contributed by atoms with Gasteiger partial charge in [-0.2, -0.15) is 0 Å². The Bertz CT molecular complexity index is 257. The number of β-amino-alcohol motifs (C(OH)–C–C–N with tert-alkyl or cyclic N) is 1. The van der Waals surface area contributed by atoms with Gasteiger partial charge in [0.25, 0.3) is 0 Å². The van der Waals surface area contributed by atoms with Gasteiger partial charge in [-0.3, -0.25) is 4.79 Å². The fraction of sp³-hybridized carbons (Fsp3) is 0.929. The van der Waals surface area contributed by atoms with Crippen LogP contribution in [0.2, 0.25) is 0 Å². The number of likely N-dealkylation sites (tertiary alicyclic amines) is 1. The van der Waals surface area contributed by atoms with E-state index in [1.54, 1.807) is 0 Å². The fourth-order valence-electron chi connectivity index (χ4n) is 2.35. The van der Waals surface area contributed by atoms with Gasteiger partial charge in [-0.25, -0.2) is 0 Å². The summed E-state index contributed by atoms with van der Waals surface area (Å²) in [6.07, 6.45) is 4.16. The first-order valence-corrected chi connectivity index (χ1v) is 6.95. The van der Waals surface area contributed by atoms with Crippen LogP contribution < -0.4 is 0 Å². The molecule has 1 fully saturated rings. The zero-order valence-electron chi connectivity index (χ0n) is 11.7. The van der Waals surface area contributed by atoms with Crippen LogP contribution in [0.15, 0.2) is 0 Å². The predicted octanol–water partition coefficient (Wildman–Crippen LogP) is 2.43. The van der Waals surface area contributed by atoms with E-state index in [4.69, 9.17) is 0 Å². The van der Waals surface area contributed by atoms with E-state index in [0.29, 0.717) is 13.1 Å². The molecule has 1 N–H and O–H groups in total. The number of carbonyl (C=O) groups is 1. The third kappa shape index (κ3) is 3.21. The minimum atomic E-state index is -0.640. The number of amides is 1. The third-order valence-corrected chi connectivity index (χ3v) is 4.06. The molecular weight excluding hydrogens is 214 g/mol. The Balaban J connectivity index is 2.44. The topological polar surface area (TPSA) is 40.5 Å². The average Bonchev–Trinajstić information content (AvgIpc) is 2.25. The van der Waals surface area contributed by atoms with Crippen LogP contribution in [-0.4, -0.2) is 34.6 Å². The molecule has 0 aromatic carbocycles. The average molecular weight is 241 g/mol. The zero-order valence-corrected chi connectivity index (χ0v) is 11.7. The lowest BCUT2D eigenvalue weighted by atomic mass is 9.82. The number of rotatable bonds is 6. The molecule has 0 bridgehead atoms. The monoisotopic (exact) mass is 241 g/mol. The van der Waals surface area contributed by atoms with Crippen LogP contribution >= 0.6 is 0 Å². The molecule has 1 unspecified atom stereocenters. The highest BCUT2D eigenvalue weighted by atomic mass is 16.3. The van der Waals surface area contributed by atoms with E-state index in [-0.39, 0.29) is 17.7 Å². The van der Waals surface area contributed by atoms with Crippen LogP contribution in [0, 0.1) is 11.8 Å². The van der Waals surface area contributed by atoms with Crippen LogP contribution in [0.5, 0.6) is 0 Å². The quantitative estimate of drug-likeness (QED) is 0.776. The summed E-state index contributed by atoms with van der Waals surface area (Å²) in [5, 5.41) is 10.1. The maximum atomic E-state index is 12.2. The SMILES string of the molecule is CCCCC(CC)C(=O)N1CC(O)(C(C)C)C1. The normalized spacial score (nSPS) is 20.2.